The van der Waals surface area contributed by atoms with Crippen LogP contribution in [0.25, 0.3) is 0 Å². The van der Waals surface area contributed by atoms with Crippen LogP contribution in [0.5, 0.6) is 11.5 Å². The van der Waals surface area contributed by atoms with Crippen molar-refractivity contribution in [2.24, 2.45) is 0 Å². The number of anilines is 2. The number of fused-ring (bicyclic) bond motifs is 1. The number of carbonyl (C=O) groups is 3. The molecule has 1 heterocycles. The van der Waals surface area contributed by atoms with E-state index >= 15 is 0 Å². The van der Waals surface area contributed by atoms with Crippen LogP contribution >= 0.6 is 0 Å². The normalized spacial score (nSPS) is 12.5. The highest BCUT2D eigenvalue weighted by atomic mass is 32.2. The van der Waals surface area contributed by atoms with Gasteiger partial charge in [0.05, 0.1) is 23.3 Å². The summed E-state index contributed by atoms with van der Waals surface area (Å²) in [6.07, 6.45) is 0. The van der Waals surface area contributed by atoms with Gasteiger partial charge < -0.3 is 19.5 Å². The molecule has 3 aromatic rings. The van der Waals surface area contributed by atoms with Gasteiger partial charge in [-0.1, -0.05) is 0 Å². The highest BCUT2D eigenvalue weighted by molar-refractivity contribution is 7.92. The van der Waals surface area contributed by atoms with Crippen molar-refractivity contribution in [3.8, 4) is 11.5 Å². The highest BCUT2D eigenvalue weighted by Gasteiger charge is 2.20. The SMILES string of the molecule is COc1ccc(NS(=O)(=O)c2ccc(C(=O)OCC(=O)c3ccc4c(c3)NC(=O)CO4)cc2)cc1. The number of sulfonamides is 1. The summed E-state index contributed by atoms with van der Waals surface area (Å²) in [5.41, 5.74) is 1.01. The number of benzene rings is 3. The topological polar surface area (TPSA) is 137 Å². The van der Waals surface area contributed by atoms with Crippen molar-refractivity contribution in [1.29, 1.82) is 0 Å². The van der Waals surface area contributed by atoms with Crippen LogP contribution in [0.3, 0.4) is 0 Å². The van der Waals surface area contributed by atoms with Crippen LogP contribution in [0.15, 0.2) is 71.6 Å². The van der Waals surface area contributed by atoms with Gasteiger partial charge in [0, 0.05) is 11.3 Å². The molecule has 1 aliphatic rings. The molecule has 0 aromatic heterocycles. The maximum absolute atomic E-state index is 12.6. The highest BCUT2D eigenvalue weighted by Crippen LogP contribution is 2.28. The van der Waals surface area contributed by atoms with E-state index in [0.717, 1.165) is 0 Å². The van der Waals surface area contributed by atoms with Crippen molar-refractivity contribution in [1.82, 2.24) is 0 Å². The number of carbonyl (C=O) groups excluding carboxylic acids is 3. The van der Waals surface area contributed by atoms with E-state index in [9.17, 15) is 22.8 Å². The molecule has 2 N–H and O–H groups in total. The Labute approximate surface area is 200 Å². The maximum atomic E-state index is 12.6. The zero-order chi connectivity index (χ0) is 25.0. The predicted molar refractivity (Wildman–Crippen MR) is 125 cm³/mol. The maximum Gasteiger partial charge on any atom is 0.338 e. The Hall–Kier alpha value is -4.38. The molecule has 0 aliphatic carbocycles. The lowest BCUT2D eigenvalue weighted by molar-refractivity contribution is -0.118. The Bertz CT molecular complexity index is 1380. The van der Waals surface area contributed by atoms with Gasteiger partial charge in [-0.05, 0) is 66.7 Å². The second-order valence-corrected chi connectivity index (χ2v) is 9.09. The second kappa shape index (κ2) is 9.85. The first-order chi connectivity index (χ1) is 16.7. The molecule has 180 valence electrons. The quantitative estimate of drug-likeness (QED) is 0.359. The van der Waals surface area contributed by atoms with Crippen LogP contribution in [-0.2, 0) is 19.6 Å². The Morgan fingerprint density at radius 2 is 1.69 bits per heavy atom. The number of rotatable bonds is 8. The monoisotopic (exact) mass is 496 g/mol. The van der Waals surface area contributed by atoms with E-state index in [2.05, 4.69) is 10.0 Å². The minimum atomic E-state index is -3.89. The molecule has 0 radical (unpaired) electrons. The summed E-state index contributed by atoms with van der Waals surface area (Å²) in [7, 11) is -2.38. The molecule has 1 aliphatic heterocycles. The molecule has 0 atom stereocenters. The number of methoxy groups -OCH3 is 1. The third-order valence-corrected chi connectivity index (χ3v) is 6.41. The van der Waals surface area contributed by atoms with E-state index in [1.807, 2.05) is 0 Å². The number of nitrogens with one attached hydrogen (secondary N) is 2. The molecule has 0 fully saturated rings. The van der Waals surface area contributed by atoms with Gasteiger partial charge in [-0.2, -0.15) is 0 Å². The first-order valence-corrected chi connectivity index (χ1v) is 11.8. The van der Waals surface area contributed by atoms with Gasteiger partial charge in [0.1, 0.15) is 11.5 Å². The first kappa shape index (κ1) is 23.8. The van der Waals surface area contributed by atoms with E-state index in [4.69, 9.17) is 14.2 Å². The summed E-state index contributed by atoms with van der Waals surface area (Å²) in [6.45, 7) is -0.638. The minimum Gasteiger partial charge on any atom is -0.497 e. The molecular formula is C24H20N2O8S. The van der Waals surface area contributed by atoms with Crippen molar-refractivity contribution < 1.29 is 37.0 Å². The van der Waals surface area contributed by atoms with E-state index in [0.29, 0.717) is 22.9 Å². The molecule has 0 unspecified atom stereocenters. The minimum absolute atomic E-state index is 0.0562. The van der Waals surface area contributed by atoms with E-state index in [-0.39, 0.29) is 28.5 Å². The average molecular weight is 496 g/mol. The Kier molecular flexibility index (Phi) is 6.69. The van der Waals surface area contributed by atoms with Crippen molar-refractivity contribution in [2.45, 2.75) is 4.90 Å². The van der Waals surface area contributed by atoms with Crippen molar-refractivity contribution >= 4 is 39.1 Å². The van der Waals surface area contributed by atoms with Gasteiger partial charge in [0.2, 0.25) is 0 Å². The number of hydrogen-bond acceptors (Lipinski definition) is 8. The lowest BCUT2D eigenvalue weighted by atomic mass is 10.1. The molecule has 0 saturated heterocycles. The van der Waals surface area contributed by atoms with Crippen molar-refractivity contribution in [2.75, 3.05) is 30.4 Å². The van der Waals surface area contributed by atoms with Crippen LogP contribution < -0.4 is 19.5 Å². The third kappa shape index (κ3) is 5.58. The van der Waals surface area contributed by atoms with Crippen LogP contribution in [0.1, 0.15) is 20.7 Å². The number of ether oxygens (including phenoxy) is 3. The number of Topliss-reactive ketones (excluding diaryl/α,β-unsaturated/α-hetero) is 1. The molecule has 0 saturated carbocycles. The number of hydrogen-bond donors (Lipinski definition) is 2. The van der Waals surface area contributed by atoms with Gasteiger partial charge >= 0.3 is 5.97 Å². The van der Waals surface area contributed by atoms with Gasteiger partial charge in [-0.25, -0.2) is 13.2 Å². The van der Waals surface area contributed by atoms with Crippen molar-refractivity contribution in [3.05, 3.63) is 77.9 Å². The summed E-state index contributed by atoms with van der Waals surface area (Å²) in [5.74, 6) is -0.585. The van der Waals surface area contributed by atoms with Gasteiger partial charge in [-0.15, -0.1) is 0 Å². The molecule has 3 aromatic carbocycles. The van der Waals surface area contributed by atoms with Crippen LogP contribution in [-0.4, -0.2) is 46.4 Å². The van der Waals surface area contributed by atoms with Crippen molar-refractivity contribution in [3.63, 3.8) is 0 Å². The summed E-state index contributed by atoms with van der Waals surface area (Å²) >= 11 is 0. The summed E-state index contributed by atoms with van der Waals surface area (Å²) in [6, 6.07) is 15.9. The fraction of sp³-hybridized carbons (Fsp3) is 0.125. The predicted octanol–water partition coefficient (Wildman–Crippen LogP) is 2.87. The number of esters is 1. The zero-order valence-corrected chi connectivity index (χ0v) is 19.3. The molecular weight excluding hydrogens is 476 g/mol. The smallest absolute Gasteiger partial charge is 0.338 e. The molecule has 1 amide bonds. The summed E-state index contributed by atoms with van der Waals surface area (Å²) in [4.78, 5) is 36.1. The molecule has 35 heavy (non-hydrogen) atoms. The van der Waals surface area contributed by atoms with E-state index in [1.165, 1.54) is 43.5 Å². The second-order valence-electron chi connectivity index (χ2n) is 7.41. The Morgan fingerprint density at radius 1 is 1.00 bits per heavy atom. The Morgan fingerprint density at radius 3 is 2.37 bits per heavy atom. The molecule has 0 spiro atoms. The van der Waals surface area contributed by atoms with E-state index in [1.54, 1.807) is 30.3 Å². The van der Waals surface area contributed by atoms with Gasteiger partial charge in [-0.3, -0.25) is 14.3 Å². The first-order valence-electron chi connectivity index (χ1n) is 10.3. The van der Waals surface area contributed by atoms with E-state index < -0.39 is 28.4 Å². The van der Waals surface area contributed by atoms with Crippen LogP contribution in [0.2, 0.25) is 0 Å². The molecule has 4 rings (SSSR count). The molecule has 11 heteroatoms. The fourth-order valence-corrected chi connectivity index (χ4v) is 4.26. The Balaban J connectivity index is 1.36. The largest absolute Gasteiger partial charge is 0.497 e. The molecule has 0 bridgehead atoms. The lowest BCUT2D eigenvalue weighted by Gasteiger charge is -2.18. The fourth-order valence-electron chi connectivity index (χ4n) is 3.20. The zero-order valence-electron chi connectivity index (χ0n) is 18.4. The van der Waals surface area contributed by atoms with Crippen LogP contribution in [0, 0.1) is 0 Å². The van der Waals surface area contributed by atoms with Gasteiger partial charge in [0.15, 0.2) is 19.0 Å². The van der Waals surface area contributed by atoms with Gasteiger partial charge in [0.25, 0.3) is 15.9 Å². The molecule has 10 nitrogen and oxygen atoms in total. The standard InChI is InChI=1S/C24H20N2O8S/c1-32-18-7-5-17(6-8-18)26-35(30,31)19-9-2-15(3-10-19)24(29)34-13-21(27)16-4-11-22-20(12-16)25-23(28)14-33-22/h2-12,26H,13-14H2,1H3,(H,25,28). The lowest BCUT2D eigenvalue weighted by Crippen LogP contribution is -2.25. The number of amides is 1. The summed E-state index contributed by atoms with van der Waals surface area (Å²) in [5, 5.41) is 2.60. The summed E-state index contributed by atoms with van der Waals surface area (Å²) < 4.78 is 43.0. The number of ketones is 1. The average Bonchev–Trinajstić information content (AvgIpc) is 2.87. The third-order valence-electron chi connectivity index (χ3n) is 5.01. The van der Waals surface area contributed by atoms with Crippen LogP contribution in [0.4, 0.5) is 11.4 Å².